The molecule has 21 heavy (non-hydrogen) atoms. The summed E-state index contributed by atoms with van der Waals surface area (Å²) in [7, 11) is 0. The van der Waals surface area contributed by atoms with E-state index in [-0.39, 0.29) is 0 Å². The fourth-order valence-electron chi connectivity index (χ4n) is 3.20. The van der Waals surface area contributed by atoms with Gasteiger partial charge in [0.1, 0.15) is 5.75 Å². The molecule has 1 heterocycles. The number of nitrogens with one attached hydrogen (secondary N) is 1. The van der Waals surface area contributed by atoms with Crippen LogP contribution in [0.1, 0.15) is 30.4 Å². The van der Waals surface area contributed by atoms with E-state index >= 15 is 0 Å². The van der Waals surface area contributed by atoms with Crippen molar-refractivity contribution < 1.29 is 4.74 Å². The maximum atomic E-state index is 5.85. The van der Waals surface area contributed by atoms with Crippen molar-refractivity contribution in [3.05, 3.63) is 65.7 Å². The molecule has 3 rings (SSSR count). The Kier molecular flexibility index (Phi) is 4.56. The van der Waals surface area contributed by atoms with E-state index in [1.807, 2.05) is 6.07 Å². The number of rotatable bonds is 6. The molecule has 0 bridgehead atoms. The minimum atomic E-state index is 0.463. The second-order valence-corrected chi connectivity index (χ2v) is 5.64. The molecule has 1 N–H and O–H groups in total. The number of fused-ring (bicyclic) bond motifs is 1. The van der Waals surface area contributed by atoms with E-state index in [9.17, 15) is 0 Å². The van der Waals surface area contributed by atoms with Crippen molar-refractivity contribution in [3.8, 4) is 5.75 Å². The Hall–Kier alpha value is -1.80. The van der Waals surface area contributed by atoms with Gasteiger partial charge in [0, 0.05) is 17.5 Å². The minimum absolute atomic E-state index is 0.463. The summed E-state index contributed by atoms with van der Waals surface area (Å²) in [4.78, 5) is 0. The average molecular weight is 281 g/mol. The summed E-state index contributed by atoms with van der Waals surface area (Å²) in [5.41, 5.74) is 2.77. The molecule has 2 heteroatoms. The molecule has 0 amide bonds. The highest BCUT2D eigenvalue weighted by atomic mass is 16.5. The van der Waals surface area contributed by atoms with Crippen molar-refractivity contribution in [2.75, 3.05) is 13.2 Å². The maximum Gasteiger partial charge on any atom is 0.122 e. The Morgan fingerprint density at radius 1 is 1.10 bits per heavy atom. The maximum absolute atomic E-state index is 5.85. The van der Waals surface area contributed by atoms with Gasteiger partial charge in [-0.15, -0.1) is 0 Å². The van der Waals surface area contributed by atoms with Crippen LogP contribution in [0.5, 0.6) is 5.75 Å². The predicted molar refractivity (Wildman–Crippen MR) is 86.9 cm³/mol. The molecule has 0 fully saturated rings. The van der Waals surface area contributed by atoms with Crippen LogP contribution in [0.4, 0.5) is 0 Å². The molecule has 2 nitrogen and oxygen atoms in total. The first-order valence-electron chi connectivity index (χ1n) is 7.87. The summed E-state index contributed by atoms with van der Waals surface area (Å²) < 4.78 is 5.85. The zero-order valence-corrected chi connectivity index (χ0v) is 12.6. The summed E-state index contributed by atoms with van der Waals surface area (Å²) in [5.74, 6) is 1.52. The van der Waals surface area contributed by atoms with Gasteiger partial charge in [-0.2, -0.15) is 0 Å². The van der Waals surface area contributed by atoms with Gasteiger partial charge >= 0.3 is 0 Å². The predicted octanol–water partition coefficient (Wildman–Crippen LogP) is 3.77. The van der Waals surface area contributed by atoms with Gasteiger partial charge in [-0.3, -0.25) is 0 Å². The van der Waals surface area contributed by atoms with Crippen molar-refractivity contribution in [1.29, 1.82) is 0 Å². The van der Waals surface area contributed by atoms with Gasteiger partial charge in [0.15, 0.2) is 0 Å². The molecule has 0 spiro atoms. The number of para-hydroxylation sites is 1. The number of benzene rings is 2. The normalized spacial score (nSPS) is 18.0. The van der Waals surface area contributed by atoms with Gasteiger partial charge in [0.25, 0.3) is 0 Å². The summed E-state index contributed by atoms with van der Waals surface area (Å²) in [5, 5.41) is 3.66. The van der Waals surface area contributed by atoms with Crippen LogP contribution in [0.3, 0.4) is 0 Å². The van der Waals surface area contributed by atoms with E-state index in [1.54, 1.807) is 0 Å². The van der Waals surface area contributed by atoms with Gasteiger partial charge in [0.05, 0.1) is 6.61 Å². The molecule has 0 aliphatic carbocycles. The lowest BCUT2D eigenvalue weighted by atomic mass is 9.89. The van der Waals surface area contributed by atoms with E-state index < -0.39 is 0 Å². The third-order valence-electron chi connectivity index (χ3n) is 4.28. The molecule has 2 unspecified atom stereocenters. The number of hydrogen-bond acceptors (Lipinski definition) is 2. The lowest BCUT2D eigenvalue weighted by Gasteiger charge is -2.23. The number of aryl methyl sites for hydroxylation is 1. The minimum Gasteiger partial charge on any atom is -0.493 e. The van der Waals surface area contributed by atoms with E-state index in [0.29, 0.717) is 12.0 Å². The van der Waals surface area contributed by atoms with Crippen molar-refractivity contribution in [2.24, 2.45) is 0 Å². The van der Waals surface area contributed by atoms with Crippen LogP contribution in [0.2, 0.25) is 0 Å². The van der Waals surface area contributed by atoms with Crippen LogP contribution in [0.15, 0.2) is 54.6 Å². The van der Waals surface area contributed by atoms with E-state index in [2.05, 4.69) is 60.8 Å². The molecule has 1 aliphatic heterocycles. The molecular weight excluding hydrogens is 258 g/mol. The standard InChI is InChI=1S/C19H23NO/c1-2-20-18(13-12-15-8-4-3-5-9-15)17-14-21-19-11-7-6-10-16(17)19/h3-11,17-18,20H,2,12-14H2,1H3. The number of ether oxygens (including phenoxy) is 1. The molecular formula is C19H23NO. The zero-order valence-electron chi connectivity index (χ0n) is 12.6. The summed E-state index contributed by atoms with van der Waals surface area (Å²) in [6, 6.07) is 19.6. The monoisotopic (exact) mass is 281 g/mol. The zero-order chi connectivity index (χ0) is 14.5. The SMILES string of the molecule is CCNC(CCc1ccccc1)C1COc2ccccc21. The third kappa shape index (κ3) is 3.27. The highest BCUT2D eigenvalue weighted by molar-refractivity contribution is 5.40. The van der Waals surface area contributed by atoms with Crippen LogP contribution in [-0.2, 0) is 6.42 Å². The topological polar surface area (TPSA) is 21.3 Å². The Balaban J connectivity index is 1.70. The quantitative estimate of drug-likeness (QED) is 0.870. The second-order valence-electron chi connectivity index (χ2n) is 5.64. The van der Waals surface area contributed by atoms with E-state index in [4.69, 9.17) is 4.74 Å². The lowest BCUT2D eigenvalue weighted by Crippen LogP contribution is -2.36. The molecule has 2 aromatic carbocycles. The van der Waals surface area contributed by atoms with Gasteiger partial charge in [-0.1, -0.05) is 55.5 Å². The molecule has 2 aromatic rings. The van der Waals surface area contributed by atoms with Crippen molar-refractivity contribution in [2.45, 2.75) is 31.7 Å². The Morgan fingerprint density at radius 2 is 1.86 bits per heavy atom. The Bertz CT molecular complexity index is 567. The van der Waals surface area contributed by atoms with Gasteiger partial charge in [0.2, 0.25) is 0 Å². The largest absolute Gasteiger partial charge is 0.493 e. The molecule has 0 saturated heterocycles. The summed E-state index contributed by atoms with van der Waals surface area (Å²) in [6.07, 6.45) is 2.25. The first kappa shape index (κ1) is 14.2. The fraction of sp³-hybridized carbons (Fsp3) is 0.368. The molecule has 0 radical (unpaired) electrons. The smallest absolute Gasteiger partial charge is 0.122 e. The Labute approximate surface area is 127 Å². The average Bonchev–Trinajstić information content (AvgIpc) is 2.96. The highest BCUT2D eigenvalue weighted by Crippen LogP contribution is 2.36. The van der Waals surface area contributed by atoms with Gasteiger partial charge < -0.3 is 10.1 Å². The van der Waals surface area contributed by atoms with Crippen LogP contribution in [0, 0.1) is 0 Å². The van der Waals surface area contributed by atoms with Crippen molar-refractivity contribution in [3.63, 3.8) is 0 Å². The summed E-state index contributed by atoms with van der Waals surface area (Å²) in [6.45, 7) is 3.97. The molecule has 110 valence electrons. The molecule has 1 aliphatic rings. The molecule has 0 saturated carbocycles. The van der Waals surface area contributed by atoms with Crippen LogP contribution >= 0.6 is 0 Å². The molecule has 0 aromatic heterocycles. The fourth-order valence-corrected chi connectivity index (χ4v) is 3.20. The van der Waals surface area contributed by atoms with Crippen LogP contribution < -0.4 is 10.1 Å². The van der Waals surface area contributed by atoms with Crippen molar-refractivity contribution >= 4 is 0 Å². The third-order valence-corrected chi connectivity index (χ3v) is 4.28. The Morgan fingerprint density at radius 3 is 2.67 bits per heavy atom. The van der Waals surface area contributed by atoms with Crippen LogP contribution in [-0.4, -0.2) is 19.2 Å². The first-order valence-corrected chi connectivity index (χ1v) is 7.87. The van der Waals surface area contributed by atoms with E-state index in [0.717, 1.165) is 31.7 Å². The first-order chi connectivity index (χ1) is 10.4. The second kappa shape index (κ2) is 6.77. The van der Waals surface area contributed by atoms with Crippen molar-refractivity contribution in [1.82, 2.24) is 5.32 Å². The molecule has 2 atom stereocenters. The van der Waals surface area contributed by atoms with Crippen LogP contribution in [0.25, 0.3) is 0 Å². The highest BCUT2D eigenvalue weighted by Gasteiger charge is 2.30. The summed E-state index contributed by atoms with van der Waals surface area (Å²) >= 11 is 0. The number of likely N-dealkylation sites (N-methyl/N-ethyl adjacent to an activating group) is 1. The van der Waals surface area contributed by atoms with E-state index in [1.165, 1.54) is 11.1 Å². The number of hydrogen-bond donors (Lipinski definition) is 1. The lowest BCUT2D eigenvalue weighted by molar-refractivity contribution is 0.293. The van der Waals surface area contributed by atoms with Gasteiger partial charge in [-0.25, -0.2) is 0 Å². The van der Waals surface area contributed by atoms with Gasteiger partial charge in [-0.05, 0) is 31.0 Å².